The van der Waals surface area contributed by atoms with Gasteiger partial charge in [0, 0.05) is 15.1 Å². The molecular weight excluding hydrogens is 476 g/mol. The van der Waals surface area contributed by atoms with Crippen LogP contribution >= 0.6 is 27.5 Å². The van der Waals surface area contributed by atoms with Crippen molar-refractivity contribution < 1.29 is 19.1 Å². The van der Waals surface area contributed by atoms with Gasteiger partial charge in [0.1, 0.15) is 0 Å². The van der Waals surface area contributed by atoms with Crippen LogP contribution in [0.4, 0.5) is 0 Å². The highest BCUT2D eigenvalue weighted by molar-refractivity contribution is 9.10. The first-order valence-electron chi connectivity index (χ1n) is 8.82. The van der Waals surface area contributed by atoms with E-state index in [1.165, 1.54) is 6.21 Å². The normalized spacial score (nSPS) is 10.9. The zero-order valence-electron chi connectivity index (χ0n) is 15.8. The van der Waals surface area contributed by atoms with Crippen LogP contribution in [0.2, 0.25) is 5.02 Å². The van der Waals surface area contributed by atoms with E-state index in [1.807, 2.05) is 0 Å². The van der Waals surface area contributed by atoms with E-state index in [-0.39, 0.29) is 30.6 Å². The number of halogens is 2. The van der Waals surface area contributed by atoms with Crippen LogP contribution in [0.25, 0.3) is 0 Å². The molecule has 10 heteroatoms. The molecule has 0 saturated carbocycles. The molecule has 1 heterocycles. The van der Waals surface area contributed by atoms with E-state index < -0.39 is 5.97 Å². The summed E-state index contributed by atoms with van der Waals surface area (Å²) >= 11 is 9.19. The minimum Gasteiger partial charge on any atom is -0.466 e. The number of benzene rings is 2. The van der Waals surface area contributed by atoms with Crippen molar-refractivity contribution in [1.82, 2.24) is 15.1 Å². The van der Waals surface area contributed by atoms with Gasteiger partial charge in [0.25, 0.3) is 5.88 Å². The van der Waals surface area contributed by atoms with Crippen molar-refractivity contribution in [2.75, 3.05) is 13.2 Å². The van der Waals surface area contributed by atoms with Crippen molar-refractivity contribution in [2.45, 2.75) is 6.92 Å². The number of ether oxygens (including phenoxy) is 2. The first-order chi connectivity index (χ1) is 14.5. The van der Waals surface area contributed by atoms with Gasteiger partial charge in [-0.1, -0.05) is 56.6 Å². The Kier molecular flexibility index (Phi) is 7.31. The number of hydrogen-bond donors (Lipinski definition) is 0. The minimum absolute atomic E-state index is 0.0934. The quantitative estimate of drug-likeness (QED) is 0.268. The fourth-order valence-electron chi connectivity index (χ4n) is 2.32. The van der Waals surface area contributed by atoms with Gasteiger partial charge in [-0.2, -0.15) is 5.10 Å². The molecule has 0 aliphatic heterocycles. The number of rotatable bonds is 8. The summed E-state index contributed by atoms with van der Waals surface area (Å²) in [6, 6.07) is 13.8. The first kappa shape index (κ1) is 21.7. The topological polar surface area (TPSA) is 95.7 Å². The Morgan fingerprint density at radius 1 is 1.17 bits per heavy atom. The van der Waals surface area contributed by atoms with Gasteiger partial charge in [0.2, 0.25) is 5.69 Å². The minimum atomic E-state index is -0.725. The van der Waals surface area contributed by atoms with Gasteiger partial charge in [-0.25, -0.2) is 4.79 Å². The van der Waals surface area contributed by atoms with Gasteiger partial charge in [-0.05, 0) is 42.0 Å². The summed E-state index contributed by atoms with van der Waals surface area (Å²) in [4.78, 5) is 25.6. The maximum absolute atomic E-state index is 12.4. The lowest BCUT2D eigenvalue weighted by atomic mass is 10.1. The molecule has 154 valence electrons. The second-order valence-corrected chi connectivity index (χ2v) is 7.22. The number of carbonyl (C=O) groups is 2. The van der Waals surface area contributed by atoms with Crippen molar-refractivity contribution in [1.29, 1.82) is 0 Å². The van der Waals surface area contributed by atoms with Crippen molar-refractivity contribution >= 4 is 45.5 Å². The summed E-state index contributed by atoms with van der Waals surface area (Å²) in [6.45, 7) is 1.48. The second-order valence-electron chi connectivity index (χ2n) is 5.87. The predicted octanol–water partition coefficient (Wildman–Crippen LogP) is 4.01. The molecule has 0 aliphatic rings. The average molecular weight is 492 g/mol. The van der Waals surface area contributed by atoms with Crippen molar-refractivity contribution in [3.05, 3.63) is 74.8 Å². The van der Waals surface area contributed by atoms with Gasteiger partial charge in [0.15, 0.2) is 12.4 Å². The van der Waals surface area contributed by atoms with Crippen LogP contribution in [-0.2, 0) is 4.74 Å². The Hall–Kier alpha value is -3.04. The van der Waals surface area contributed by atoms with Crippen LogP contribution in [0, 0.1) is 0 Å². The van der Waals surface area contributed by atoms with E-state index in [0.717, 1.165) is 14.8 Å². The Balaban J connectivity index is 1.82. The highest BCUT2D eigenvalue weighted by Gasteiger charge is 2.23. The highest BCUT2D eigenvalue weighted by Crippen LogP contribution is 2.18. The molecule has 0 bridgehead atoms. The molecule has 8 nitrogen and oxygen atoms in total. The summed E-state index contributed by atoms with van der Waals surface area (Å²) in [5.41, 5.74) is 1.03. The van der Waals surface area contributed by atoms with Crippen LogP contribution in [-0.4, -0.2) is 46.3 Å². The maximum Gasteiger partial charge on any atom is 0.364 e. The number of ketones is 1. The third kappa shape index (κ3) is 5.52. The van der Waals surface area contributed by atoms with Gasteiger partial charge in [-0.3, -0.25) is 4.79 Å². The number of hydrogen-bond acceptors (Lipinski definition) is 7. The maximum atomic E-state index is 12.4. The molecule has 0 radical (unpaired) electrons. The fraction of sp³-hybridized carbons (Fsp3) is 0.150. The lowest BCUT2D eigenvalue weighted by molar-refractivity contribution is 0.0512. The SMILES string of the molecule is CCOC(=O)c1nnn(/N=C\c2ccc(Cl)cc2)c1OCC(=O)c1ccc(Br)cc1. The second kappa shape index (κ2) is 10.1. The van der Waals surface area contributed by atoms with E-state index in [9.17, 15) is 9.59 Å². The molecule has 0 spiro atoms. The van der Waals surface area contributed by atoms with E-state index in [1.54, 1.807) is 55.5 Å². The van der Waals surface area contributed by atoms with Gasteiger partial charge < -0.3 is 9.47 Å². The smallest absolute Gasteiger partial charge is 0.364 e. The van der Waals surface area contributed by atoms with E-state index in [0.29, 0.717) is 10.6 Å². The summed E-state index contributed by atoms with van der Waals surface area (Å²) in [5, 5.41) is 12.3. The molecule has 0 fully saturated rings. The molecule has 0 unspecified atom stereocenters. The molecule has 0 atom stereocenters. The van der Waals surface area contributed by atoms with Crippen molar-refractivity contribution in [3.63, 3.8) is 0 Å². The van der Waals surface area contributed by atoms with Crippen LogP contribution in [0.5, 0.6) is 5.88 Å². The van der Waals surface area contributed by atoms with Crippen LogP contribution in [0.3, 0.4) is 0 Å². The summed E-state index contributed by atoms with van der Waals surface area (Å²) in [5.74, 6) is -1.10. The number of aromatic nitrogens is 3. The molecule has 1 aromatic heterocycles. The molecular formula is C20H16BrClN4O4. The molecule has 3 aromatic rings. The molecule has 3 rings (SSSR count). The average Bonchev–Trinajstić information content (AvgIpc) is 3.15. The molecule has 0 saturated heterocycles. The number of carbonyl (C=O) groups excluding carboxylic acids is 2. The van der Waals surface area contributed by atoms with Crippen molar-refractivity contribution in [3.8, 4) is 5.88 Å². The lowest BCUT2D eigenvalue weighted by Crippen LogP contribution is -2.15. The van der Waals surface area contributed by atoms with E-state index in [2.05, 4.69) is 31.3 Å². The first-order valence-corrected chi connectivity index (χ1v) is 9.99. The Morgan fingerprint density at radius 3 is 2.53 bits per heavy atom. The standard InChI is InChI=1S/C20H16BrClN4O4/c1-2-29-20(28)18-19(30-12-17(27)14-5-7-15(21)8-6-14)26(25-24-18)23-11-13-3-9-16(22)10-4-13/h3-11H,2,12H2,1H3/b23-11-. The zero-order valence-corrected chi connectivity index (χ0v) is 18.1. The number of nitrogens with zero attached hydrogens (tertiary/aromatic N) is 4. The fourth-order valence-corrected chi connectivity index (χ4v) is 2.71. The zero-order chi connectivity index (χ0) is 21.5. The van der Waals surface area contributed by atoms with Gasteiger partial charge in [-0.15, -0.1) is 5.10 Å². The molecule has 30 heavy (non-hydrogen) atoms. The third-order valence-corrected chi connectivity index (χ3v) is 4.56. The largest absolute Gasteiger partial charge is 0.466 e. The Labute approximate surface area is 185 Å². The van der Waals surface area contributed by atoms with Gasteiger partial charge >= 0.3 is 5.97 Å². The van der Waals surface area contributed by atoms with Crippen molar-refractivity contribution in [2.24, 2.45) is 5.10 Å². The van der Waals surface area contributed by atoms with E-state index in [4.69, 9.17) is 21.1 Å². The summed E-state index contributed by atoms with van der Waals surface area (Å²) in [7, 11) is 0. The molecule has 0 aliphatic carbocycles. The molecule has 0 N–H and O–H groups in total. The van der Waals surface area contributed by atoms with Crippen LogP contribution in [0.1, 0.15) is 33.3 Å². The lowest BCUT2D eigenvalue weighted by Gasteiger charge is -2.07. The monoisotopic (exact) mass is 490 g/mol. The molecule has 2 aromatic carbocycles. The Bertz CT molecular complexity index is 1070. The highest BCUT2D eigenvalue weighted by atomic mass is 79.9. The van der Waals surface area contributed by atoms with Gasteiger partial charge in [0.05, 0.1) is 12.8 Å². The third-order valence-electron chi connectivity index (χ3n) is 3.77. The Morgan fingerprint density at radius 2 is 1.87 bits per heavy atom. The van der Waals surface area contributed by atoms with Crippen LogP contribution < -0.4 is 4.74 Å². The van der Waals surface area contributed by atoms with E-state index >= 15 is 0 Å². The predicted molar refractivity (Wildman–Crippen MR) is 114 cm³/mol. The summed E-state index contributed by atoms with van der Waals surface area (Å²) in [6.07, 6.45) is 1.49. The number of Topliss-reactive ketones (excluding diaryl/α,β-unsaturated/α-hetero) is 1. The van der Waals surface area contributed by atoms with Crippen LogP contribution in [0.15, 0.2) is 58.1 Å². The number of esters is 1. The molecule has 0 amide bonds. The summed E-state index contributed by atoms with van der Waals surface area (Å²) < 4.78 is 11.4.